The fraction of sp³-hybridized carbons (Fsp3) is 0.333. The average Bonchev–Trinajstić information content (AvgIpc) is 3.19. The molecule has 172 valence electrons. The largest absolute Gasteiger partial charge is 0.339 e. The van der Waals surface area contributed by atoms with Gasteiger partial charge in [0.05, 0.1) is 5.75 Å². The van der Waals surface area contributed by atoms with E-state index < -0.39 is 0 Å². The molecule has 33 heavy (non-hydrogen) atoms. The second-order valence-corrected chi connectivity index (χ2v) is 9.00. The smallest absolute Gasteiger partial charge is 0.233 e. The molecule has 0 saturated carbocycles. The minimum absolute atomic E-state index is 0.109. The van der Waals surface area contributed by atoms with Crippen molar-refractivity contribution in [2.24, 2.45) is 7.05 Å². The maximum atomic E-state index is 12.7. The Hall–Kier alpha value is -3.17. The number of piperazine rings is 1. The van der Waals surface area contributed by atoms with Crippen LogP contribution in [0.15, 0.2) is 59.8 Å². The first-order chi connectivity index (χ1) is 16.0. The van der Waals surface area contributed by atoms with E-state index in [0.29, 0.717) is 16.7 Å². The van der Waals surface area contributed by atoms with Crippen LogP contribution in [0.3, 0.4) is 0 Å². The van der Waals surface area contributed by atoms with Gasteiger partial charge in [0.2, 0.25) is 11.8 Å². The lowest BCUT2D eigenvalue weighted by Gasteiger charge is -2.34. The summed E-state index contributed by atoms with van der Waals surface area (Å²) in [7, 11) is 1.90. The Morgan fingerprint density at radius 1 is 0.970 bits per heavy atom. The molecule has 2 amide bonds. The van der Waals surface area contributed by atoms with Gasteiger partial charge in [0.1, 0.15) is 0 Å². The van der Waals surface area contributed by atoms with Crippen molar-refractivity contribution in [3.8, 4) is 11.4 Å². The van der Waals surface area contributed by atoms with Gasteiger partial charge in [-0.2, -0.15) is 0 Å². The summed E-state index contributed by atoms with van der Waals surface area (Å²) >= 11 is 1.41. The number of hydrogen-bond donors (Lipinski definition) is 1. The van der Waals surface area contributed by atoms with Crippen LogP contribution in [0, 0.1) is 0 Å². The van der Waals surface area contributed by atoms with Gasteiger partial charge in [-0.25, -0.2) is 0 Å². The number of hydrogen-bond acceptors (Lipinski definition) is 6. The van der Waals surface area contributed by atoms with Gasteiger partial charge in [-0.05, 0) is 29.8 Å². The first kappa shape index (κ1) is 23.0. The molecule has 4 rings (SSSR count). The van der Waals surface area contributed by atoms with Crippen molar-refractivity contribution in [2.45, 2.75) is 18.6 Å². The fourth-order valence-corrected chi connectivity index (χ4v) is 4.63. The number of rotatable bonds is 7. The van der Waals surface area contributed by atoms with Gasteiger partial charge >= 0.3 is 0 Å². The van der Waals surface area contributed by atoms with Crippen molar-refractivity contribution < 1.29 is 9.59 Å². The quantitative estimate of drug-likeness (QED) is 0.542. The van der Waals surface area contributed by atoms with E-state index in [4.69, 9.17) is 0 Å². The third-order valence-electron chi connectivity index (χ3n) is 5.60. The number of nitrogens with one attached hydrogen (secondary N) is 1. The van der Waals surface area contributed by atoms with Gasteiger partial charge in [0.15, 0.2) is 11.0 Å². The summed E-state index contributed by atoms with van der Waals surface area (Å²) in [4.78, 5) is 28.3. The topological polar surface area (TPSA) is 83.4 Å². The second-order valence-electron chi connectivity index (χ2n) is 8.05. The van der Waals surface area contributed by atoms with Gasteiger partial charge in [-0.3, -0.25) is 14.5 Å². The Bertz CT molecular complexity index is 1090. The van der Waals surface area contributed by atoms with Crippen LogP contribution in [0.25, 0.3) is 11.4 Å². The highest BCUT2D eigenvalue weighted by Gasteiger charge is 2.22. The molecule has 3 aromatic rings. The highest BCUT2D eigenvalue weighted by atomic mass is 32.2. The number of amides is 2. The number of nitrogens with zero attached hydrogens (tertiary/aromatic N) is 5. The third kappa shape index (κ3) is 6.00. The molecule has 9 heteroatoms. The molecule has 0 atom stereocenters. The lowest BCUT2D eigenvalue weighted by molar-refractivity contribution is -0.130. The van der Waals surface area contributed by atoms with E-state index >= 15 is 0 Å². The monoisotopic (exact) mass is 464 g/mol. The lowest BCUT2D eigenvalue weighted by atomic mass is 10.2. The first-order valence-corrected chi connectivity index (χ1v) is 11.9. The molecule has 2 heterocycles. The van der Waals surface area contributed by atoms with Crippen LogP contribution in [-0.2, 0) is 23.2 Å². The summed E-state index contributed by atoms with van der Waals surface area (Å²) in [5, 5.41) is 12.0. The summed E-state index contributed by atoms with van der Waals surface area (Å²) < 4.78 is 1.89. The van der Waals surface area contributed by atoms with Gasteiger partial charge in [-0.1, -0.05) is 42.1 Å². The summed E-state index contributed by atoms with van der Waals surface area (Å²) in [6.07, 6.45) is 0. The fourth-order valence-electron chi connectivity index (χ4n) is 3.81. The summed E-state index contributed by atoms with van der Waals surface area (Å²) in [6, 6.07) is 17.9. The van der Waals surface area contributed by atoms with E-state index in [1.54, 1.807) is 0 Å². The molecule has 2 aromatic carbocycles. The number of anilines is 1. The zero-order valence-corrected chi connectivity index (χ0v) is 19.7. The molecular weight excluding hydrogens is 436 g/mol. The van der Waals surface area contributed by atoms with E-state index in [1.165, 1.54) is 24.2 Å². The molecule has 8 nitrogen and oxygen atoms in total. The average molecular weight is 465 g/mol. The molecule has 0 bridgehead atoms. The van der Waals surface area contributed by atoms with Crippen LogP contribution in [-0.4, -0.2) is 68.3 Å². The molecule has 0 aliphatic carbocycles. The van der Waals surface area contributed by atoms with Crippen LogP contribution in [0.2, 0.25) is 0 Å². The molecule has 1 fully saturated rings. The first-order valence-electron chi connectivity index (χ1n) is 10.9. The predicted octanol–water partition coefficient (Wildman–Crippen LogP) is 2.88. The van der Waals surface area contributed by atoms with Crippen molar-refractivity contribution in [1.29, 1.82) is 0 Å². The molecule has 1 saturated heterocycles. The predicted molar refractivity (Wildman–Crippen MR) is 130 cm³/mol. The maximum Gasteiger partial charge on any atom is 0.233 e. The van der Waals surface area contributed by atoms with E-state index in [-0.39, 0.29) is 11.8 Å². The SMILES string of the molecule is CC(=O)Nc1ccc(-c2nnc(SCC(=O)N3CCN(Cc4ccccc4)CC3)n2C)cc1. The summed E-state index contributed by atoms with van der Waals surface area (Å²) in [5.74, 6) is 1.08. The number of thioether (sulfide) groups is 1. The molecule has 0 radical (unpaired) electrons. The Morgan fingerprint density at radius 2 is 1.67 bits per heavy atom. The van der Waals surface area contributed by atoms with Crippen LogP contribution in [0.1, 0.15) is 12.5 Å². The second kappa shape index (κ2) is 10.6. The zero-order valence-electron chi connectivity index (χ0n) is 18.9. The standard InChI is InChI=1S/C24H28N6O2S/c1-18(31)25-21-10-8-20(9-11-21)23-26-27-24(28(23)2)33-17-22(32)30-14-12-29(13-15-30)16-19-6-4-3-5-7-19/h3-11H,12-17H2,1-2H3,(H,25,31). The van der Waals surface area contributed by atoms with Gasteiger partial charge in [0.25, 0.3) is 0 Å². The Kier molecular flexibility index (Phi) is 7.41. The Morgan fingerprint density at radius 3 is 2.33 bits per heavy atom. The Balaban J connectivity index is 1.28. The van der Waals surface area contributed by atoms with E-state index in [9.17, 15) is 9.59 Å². The van der Waals surface area contributed by atoms with Crippen molar-refractivity contribution in [2.75, 3.05) is 37.2 Å². The molecular formula is C24H28N6O2S. The van der Waals surface area contributed by atoms with Gasteiger partial charge < -0.3 is 14.8 Å². The molecule has 1 aliphatic heterocycles. The number of carbonyl (C=O) groups is 2. The van der Waals surface area contributed by atoms with Crippen LogP contribution >= 0.6 is 11.8 Å². The molecule has 1 N–H and O–H groups in total. The van der Waals surface area contributed by atoms with E-state index in [0.717, 1.165) is 44.0 Å². The number of carbonyl (C=O) groups excluding carboxylic acids is 2. The minimum atomic E-state index is -0.109. The van der Waals surface area contributed by atoms with Crippen LogP contribution < -0.4 is 5.32 Å². The lowest BCUT2D eigenvalue weighted by Crippen LogP contribution is -2.48. The molecule has 1 aromatic heterocycles. The zero-order chi connectivity index (χ0) is 23.2. The van der Waals surface area contributed by atoms with Crippen molar-refractivity contribution in [1.82, 2.24) is 24.6 Å². The summed E-state index contributed by atoms with van der Waals surface area (Å²) in [5.41, 5.74) is 2.93. The highest BCUT2D eigenvalue weighted by Crippen LogP contribution is 2.24. The van der Waals surface area contributed by atoms with E-state index in [2.05, 4.69) is 44.7 Å². The number of benzene rings is 2. The number of aromatic nitrogens is 3. The highest BCUT2D eigenvalue weighted by molar-refractivity contribution is 7.99. The van der Waals surface area contributed by atoms with Crippen molar-refractivity contribution in [3.63, 3.8) is 0 Å². The Labute approximate surface area is 198 Å². The van der Waals surface area contributed by atoms with E-state index in [1.807, 2.05) is 46.8 Å². The molecule has 0 unspecified atom stereocenters. The maximum absolute atomic E-state index is 12.7. The normalized spacial score (nSPS) is 14.3. The van der Waals surface area contributed by atoms with Crippen LogP contribution in [0.4, 0.5) is 5.69 Å². The van der Waals surface area contributed by atoms with Gasteiger partial charge in [0, 0.05) is 57.9 Å². The van der Waals surface area contributed by atoms with Crippen molar-refractivity contribution in [3.05, 3.63) is 60.2 Å². The molecule has 0 spiro atoms. The van der Waals surface area contributed by atoms with Gasteiger partial charge in [-0.15, -0.1) is 10.2 Å². The minimum Gasteiger partial charge on any atom is -0.339 e. The van der Waals surface area contributed by atoms with Crippen molar-refractivity contribution >= 4 is 29.3 Å². The summed E-state index contributed by atoms with van der Waals surface area (Å²) in [6.45, 7) is 5.66. The molecule has 1 aliphatic rings. The van der Waals surface area contributed by atoms with Crippen LogP contribution in [0.5, 0.6) is 0 Å². The third-order valence-corrected chi connectivity index (χ3v) is 6.60.